The Morgan fingerprint density at radius 2 is 2.00 bits per heavy atom. The number of rotatable bonds is 5. The zero-order valence-corrected chi connectivity index (χ0v) is 16.6. The Labute approximate surface area is 167 Å². The van der Waals surface area contributed by atoms with Gasteiger partial charge in [-0.3, -0.25) is 4.90 Å². The molecule has 2 aliphatic heterocycles. The summed E-state index contributed by atoms with van der Waals surface area (Å²) in [6, 6.07) is 8.72. The lowest BCUT2D eigenvalue weighted by Gasteiger charge is -2.33. The van der Waals surface area contributed by atoms with E-state index in [-0.39, 0.29) is 0 Å². The number of hydrogen-bond acceptors (Lipinski definition) is 5. The van der Waals surface area contributed by atoms with Crippen LogP contribution < -0.4 is 10.1 Å². The van der Waals surface area contributed by atoms with E-state index in [1.807, 2.05) is 0 Å². The fraction of sp³-hybridized carbons (Fsp3) is 0.636. The van der Waals surface area contributed by atoms with Crippen molar-refractivity contribution in [1.29, 1.82) is 0 Å². The number of aromatic nitrogens is 3. The van der Waals surface area contributed by atoms with Crippen molar-refractivity contribution in [3.8, 4) is 5.75 Å². The summed E-state index contributed by atoms with van der Waals surface area (Å²) in [6.07, 6.45) is 7.88. The zero-order chi connectivity index (χ0) is 18.8. The largest absolute Gasteiger partial charge is 0.490 e. The van der Waals surface area contributed by atoms with Crippen molar-refractivity contribution in [3.63, 3.8) is 0 Å². The number of nitrogens with one attached hydrogen (secondary N) is 1. The average molecular weight is 382 g/mol. The Balaban J connectivity index is 1.24. The molecule has 6 heteroatoms. The van der Waals surface area contributed by atoms with Crippen LogP contribution in [0.2, 0.25) is 0 Å². The van der Waals surface area contributed by atoms with Gasteiger partial charge in [0, 0.05) is 32.1 Å². The first-order valence-electron chi connectivity index (χ1n) is 11.0. The predicted octanol–water partition coefficient (Wildman–Crippen LogP) is 3.08. The van der Waals surface area contributed by atoms with Gasteiger partial charge in [0.25, 0.3) is 0 Å². The van der Waals surface area contributed by atoms with Crippen LogP contribution >= 0.6 is 0 Å². The topological polar surface area (TPSA) is 55.2 Å². The van der Waals surface area contributed by atoms with E-state index in [0.29, 0.717) is 12.0 Å². The Bertz CT molecular complexity index is 798. The quantitative estimate of drug-likeness (QED) is 0.863. The summed E-state index contributed by atoms with van der Waals surface area (Å²) in [6.45, 7) is 6.07. The molecule has 1 N–H and O–H groups in total. The lowest BCUT2D eigenvalue weighted by molar-refractivity contribution is 0.192. The van der Waals surface area contributed by atoms with Crippen molar-refractivity contribution in [2.75, 3.05) is 19.6 Å². The summed E-state index contributed by atoms with van der Waals surface area (Å²) in [4.78, 5) is 2.57. The molecular formula is C22H31N5O. The second-order valence-electron chi connectivity index (χ2n) is 8.55. The van der Waals surface area contributed by atoms with Crippen LogP contribution in [0, 0.1) is 0 Å². The fourth-order valence-electron chi connectivity index (χ4n) is 5.00. The van der Waals surface area contributed by atoms with Gasteiger partial charge in [-0.05, 0) is 62.8 Å². The number of piperidine rings is 1. The van der Waals surface area contributed by atoms with E-state index >= 15 is 0 Å². The smallest absolute Gasteiger partial charge is 0.147 e. The molecule has 0 radical (unpaired) electrons. The monoisotopic (exact) mass is 381 g/mol. The Morgan fingerprint density at radius 3 is 2.93 bits per heavy atom. The number of likely N-dealkylation sites (tertiary alicyclic amines) is 1. The van der Waals surface area contributed by atoms with Gasteiger partial charge in [0.2, 0.25) is 0 Å². The molecule has 5 rings (SSSR count). The molecule has 2 aromatic rings. The van der Waals surface area contributed by atoms with Gasteiger partial charge >= 0.3 is 0 Å². The normalized spacial score (nSPS) is 23.6. The highest BCUT2D eigenvalue weighted by molar-refractivity contribution is 5.29. The lowest BCUT2D eigenvalue weighted by atomic mass is 9.96. The Kier molecular flexibility index (Phi) is 5.32. The Hall–Kier alpha value is -1.92. The first-order valence-corrected chi connectivity index (χ1v) is 11.0. The van der Waals surface area contributed by atoms with Crippen LogP contribution in [0.4, 0.5) is 0 Å². The first kappa shape index (κ1) is 18.1. The molecule has 1 atom stereocenters. The van der Waals surface area contributed by atoms with Gasteiger partial charge in [-0.25, -0.2) is 0 Å². The van der Waals surface area contributed by atoms with Crippen LogP contribution in [0.5, 0.6) is 5.75 Å². The van der Waals surface area contributed by atoms with Crippen molar-refractivity contribution in [1.82, 2.24) is 25.0 Å². The summed E-state index contributed by atoms with van der Waals surface area (Å²) in [7, 11) is 0. The summed E-state index contributed by atoms with van der Waals surface area (Å²) >= 11 is 0. The van der Waals surface area contributed by atoms with E-state index in [2.05, 4.69) is 49.2 Å². The van der Waals surface area contributed by atoms with Crippen molar-refractivity contribution in [2.24, 2.45) is 0 Å². The van der Waals surface area contributed by atoms with E-state index in [1.165, 1.54) is 49.9 Å². The number of fused-ring (bicyclic) bond motifs is 1. The molecular weight excluding hydrogens is 350 g/mol. The summed E-state index contributed by atoms with van der Waals surface area (Å²) in [5.41, 5.74) is 1.35. The summed E-state index contributed by atoms with van der Waals surface area (Å²) in [5.74, 6) is 3.82. The molecule has 150 valence electrons. The maximum absolute atomic E-state index is 6.20. The molecule has 1 saturated carbocycles. The lowest BCUT2D eigenvalue weighted by Crippen LogP contribution is -2.36. The van der Waals surface area contributed by atoms with Gasteiger partial charge in [0.05, 0.1) is 12.6 Å². The molecule has 28 heavy (non-hydrogen) atoms. The average Bonchev–Trinajstić information content (AvgIpc) is 3.38. The molecule has 1 aromatic heterocycles. The van der Waals surface area contributed by atoms with Gasteiger partial charge in [-0.1, -0.05) is 12.1 Å². The third-order valence-electron chi connectivity index (χ3n) is 6.43. The maximum Gasteiger partial charge on any atom is 0.147 e. The van der Waals surface area contributed by atoms with Crippen LogP contribution in [-0.2, 0) is 19.6 Å². The van der Waals surface area contributed by atoms with Crippen molar-refractivity contribution in [2.45, 2.75) is 70.2 Å². The predicted molar refractivity (Wildman–Crippen MR) is 108 cm³/mol. The third-order valence-corrected chi connectivity index (χ3v) is 6.43. The standard InChI is InChI=1S/C22H31N5O/c1-2-8-19(7-1)28-20-9-3-5-17(13-20)15-26-11-4-6-18(16-26)22-25-24-21-14-23-10-12-27(21)22/h3,5,9,13,18-19,23H,1-2,4,6-8,10-12,14-16H2. The van der Waals surface area contributed by atoms with Crippen LogP contribution in [0.3, 0.4) is 0 Å². The number of hydrogen-bond donors (Lipinski definition) is 1. The van der Waals surface area contributed by atoms with Gasteiger partial charge < -0.3 is 14.6 Å². The number of benzene rings is 1. The third kappa shape index (κ3) is 3.94. The molecule has 1 saturated heterocycles. The molecule has 0 amide bonds. The maximum atomic E-state index is 6.20. The van der Waals surface area contributed by atoms with E-state index < -0.39 is 0 Å². The molecule has 0 bridgehead atoms. The minimum absolute atomic E-state index is 0.420. The first-order chi connectivity index (χ1) is 13.8. The highest BCUT2D eigenvalue weighted by Gasteiger charge is 2.27. The molecule has 1 aliphatic carbocycles. The van der Waals surface area contributed by atoms with Gasteiger partial charge in [-0.15, -0.1) is 10.2 Å². The van der Waals surface area contributed by atoms with Crippen LogP contribution in [0.1, 0.15) is 61.7 Å². The minimum atomic E-state index is 0.420. The molecule has 1 unspecified atom stereocenters. The molecule has 0 spiro atoms. The molecule has 2 fully saturated rings. The second-order valence-corrected chi connectivity index (χ2v) is 8.55. The molecule has 3 aliphatic rings. The zero-order valence-electron chi connectivity index (χ0n) is 16.6. The van der Waals surface area contributed by atoms with Gasteiger partial charge in [0.1, 0.15) is 17.4 Å². The Morgan fingerprint density at radius 1 is 1.07 bits per heavy atom. The second kappa shape index (κ2) is 8.21. The fourth-order valence-corrected chi connectivity index (χ4v) is 5.00. The summed E-state index contributed by atoms with van der Waals surface area (Å²) < 4.78 is 8.55. The van der Waals surface area contributed by atoms with Crippen LogP contribution in [0.25, 0.3) is 0 Å². The number of nitrogens with zero attached hydrogens (tertiary/aromatic N) is 4. The molecule has 1 aromatic carbocycles. The minimum Gasteiger partial charge on any atom is -0.490 e. The molecule has 6 nitrogen and oxygen atoms in total. The summed E-state index contributed by atoms with van der Waals surface area (Å²) in [5, 5.41) is 12.4. The van der Waals surface area contributed by atoms with Gasteiger partial charge in [-0.2, -0.15) is 0 Å². The van der Waals surface area contributed by atoms with Crippen LogP contribution in [-0.4, -0.2) is 45.4 Å². The highest BCUT2D eigenvalue weighted by Crippen LogP contribution is 2.29. The van der Waals surface area contributed by atoms with E-state index in [1.54, 1.807) is 0 Å². The molecule has 3 heterocycles. The van der Waals surface area contributed by atoms with E-state index in [9.17, 15) is 0 Å². The van der Waals surface area contributed by atoms with Crippen LogP contribution in [0.15, 0.2) is 24.3 Å². The SMILES string of the molecule is c1cc(CN2CCCC(c3nnc4n3CCNC4)C2)cc(OC2CCCC2)c1. The number of ether oxygens (including phenoxy) is 1. The van der Waals surface area contributed by atoms with Crippen molar-refractivity contribution >= 4 is 0 Å². The van der Waals surface area contributed by atoms with Crippen molar-refractivity contribution < 1.29 is 4.74 Å². The van der Waals surface area contributed by atoms with Gasteiger partial charge in [0.15, 0.2) is 0 Å². The van der Waals surface area contributed by atoms with Crippen molar-refractivity contribution in [3.05, 3.63) is 41.5 Å². The highest BCUT2D eigenvalue weighted by atomic mass is 16.5. The van der Waals surface area contributed by atoms with E-state index in [4.69, 9.17) is 4.74 Å². The van der Waals surface area contributed by atoms with E-state index in [0.717, 1.165) is 50.8 Å².